The number of rotatable bonds is 6. The monoisotopic (exact) mass is 327 g/mol. The maximum Gasteiger partial charge on any atom is 0.342 e. The number of hydrogen-bond donors (Lipinski definition) is 2. The summed E-state index contributed by atoms with van der Waals surface area (Å²) >= 11 is 0. The van der Waals surface area contributed by atoms with Crippen LogP contribution in [0, 0.1) is 6.92 Å². The second kappa shape index (κ2) is 8.15. The van der Waals surface area contributed by atoms with E-state index < -0.39 is 5.97 Å². The molecule has 0 aromatic heterocycles. The molecule has 0 bridgehead atoms. The van der Waals surface area contributed by atoms with E-state index in [2.05, 4.69) is 5.32 Å². The molecule has 0 unspecified atom stereocenters. The highest BCUT2D eigenvalue weighted by Crippen LogP contribution is 2.19. The third-order valence-electron chi connectivity index (χ3n) is 3.68. The van der Waals surface area contributed by atoms with Gasteiger partial charge in [0.25, 0.3) is 5.91 Å². The van der Waals surface area contributed by atoms with Crippen LogP contribution in [0.15, 0.2) is 48.5 Å². The Morgan fingerprint density at radius 3 is 2.58 bits per heavy atom. The molecule has 0 aliphatic rings. The Kier molecular flexibility index (Phi) is 5.95. The number of ether oxygens (including phenoxy) is 1. The van der Waals surface area contributed by atoms with Crippen LogP contribution in [0.4, 0.5) is 0 Å². The minimum absolute atomic E-state index is 0.0560. The zero-order valence-corrected chi connectivity index (χ0v) is 13.8. The van der Waals surface area contributed by atoms with Crippen molar-refractivity contribution in [3.8, 4) is 5.75 Å². The number of phenolic OH excluding ortho intramolecular Hbond substituents is 1. The first-order chi connectivity index (χ1) is 11.5. The number of amides is 1. The summed E-state index contributed by atoms with van der Waals surface area (Å²) in [7, 11) is 0. The molecule has 5 nitrogen and oxygen atoms in total. The van der Waals surface area contributed by atoms with Crippen molar-refractivity contribution in [1.82, 2.24) is 5.32 Å². The third-order valence-corrected chi connectivity index (χ3v) is 3.68. The van der Waals surface area contributed by atoms with E-state index in [-0.39, 0.29) is 29.7 Å². The van der Waals surface area contributed by atoms with Gasteiger partial charge in [0.05, 0.1) is 0 Å². The van der Waals surface area contributed by atoms with Gasteiger partial charge in [-0.2, -0.15) is 0 Å². The quantitative estimate of drug-likeness (QED) is 0.800. The van der Waals surface area contributed by atoms with Crippen LogP contribution in [0.25, 0.3) is 0 Å². The molecule has 0 spiro atoms. The first kappa shape index (κ1) is 17.5. The number of benzene rings is 2. The van der Waals surface area contributed by atoms with Crippen molar-refractivity contribution >= 4 is 11.9 Å². The Labute approximate surface area is 141 Å². The molecule has 0 aliphatic carbocycles. The normalized spacial score (nSPS) is 11.6. The number of aryl methyl sites for hydroxylation is 1. The minimum Gasteiger partial charge on any atom is -0.507 e. The van der Waals surface area contributed by atoms with E-state index in [0.29, 0.717) is 6.54 Å². The van der Waals surface area contributed by atoms with E-state index in [1.54, 1.807) is 13.0 Å². The summed E-state index contributed by atoms with van der Waals surface area (Å²) in [6.45, 7) is 3.88. The van der Waals surface area contributed by atoms with E-state index in [4.69, 9.17) is 4.74 Å². The lowest BCUT2D eigenvalue weighted by Gasteiger charge is -2.13. The summed E-state index contributed by atoms with van der Waals surface area (Å²) in [5.41, 5.74) is 2.00. The molecule has 2 rings (SSSR count). The van der Waals surface area contributed by atoms with Crippen molar-refractivity contribution in [3.63, 3.8) is 0 Å². The smallest absolute Gasteiger partial charge is 0.342 e. The van der Waals surface area contributed by atoms with Crippen LogP contribution in [-0.2, 0) is 9.53 Å². The van der Waals surface area contributed by atoms with Gasteiger partial charge in [0.15, 0.2) is 6.61 Å². The fraction of sp³-hybridized carbons (Fsp3) is 0.263. The van der Waals surface area contributed by atoms with Crippen LogP contribution in [-0.4, -0.2) is 30.1 Å². The van der Waals surface area contributed by atoms with Crippen molar-refractivity contribution in [3.05, 3.63) is 65.2 Å². The van der Waals surface area contributed by atoms with E-state index in [1.807, 2.05) is 37.3 Å². The molecule has 0 radical (unpaired) electrons. The van der Waals surface area contributed by atoms with Gasteiger partial charge >= 0.3 is 5.97 Å². The summed E-state index contributed by atoms with van der Waals surface area (Å²) in [6.07, 6.45) is 0. The van der Waals surface area contributed by atoms with Gasteiger partial charge in [0.2, 0.25) is 0 Å². The van der Waals surface area contributed by atoms with E-state index in [1.165, 1.54) is 12.1 Å². The average molecular weight is 327 g/mol. The lowest BCUT2D eigenvalue weighted by atomic mass is 10.0. The van der Waals surface area contributed by atoms with Gasteiger partial charge in [-0.15, -0.1) is 0 Å². The maximum absolute atomic E-state index is 11.9. The van der Waals surface area contributed by atoms with Gasteiger partial charge < -0.3 is 15.2 Å². The number of carbonyl (C=O) groups excluding carboxylic acids is 2. The van der Waals surface area contributed by atoms with Crippen molar-refractivity contribution in [2.24, 2.45) is 0 Å². The fourth-order valence-corrected chi connectivity index (χ4v) is 2.24. The molecule has 24 heavy (non-hydrogen) atoms. The summed E-state index contributed by atoms with van der Waals surface area (Å²) < 4.78 is 4.95. The zero-order chi connectivity index (χ0) is 17.5. The van der Waals surface area contributed by atoms with E-state index in [9.17, 15) is 14.7 Å². The van der Waals surface area contributed by atoms with Crippen molar-refractivity contribution < 1.29 is 19.4 Å². The van der Waals surface area contributed by atoms with Crippen molar-refractivity contribution in [1.29, 1.82) is 0 Å². The SMILES string of the molecule is Cc1ccc(O)c(C(=O)OCC(=O)NC[C@H](C)c2ccccc2)c1. The number of carbonyl (C=O) groups is 2. The van der Waals surface area contributed by atoms with Crippen LogP contribution in [0.3, 0.4) is 0 Å². The summed E-state index contributed by atoms with van der Waals surface area (Å²) in [6, 6.07) is 14.5. The first-order valence-electron chi connectivity index (χ1n) is 7.75. The van der Waals surface area contributed by atoms with Gasteiger partial charge in [0, 0.05) is 6.54 Å². The Bertz CT molecular complexity index is 713. The second-order valence-corrected chi connectivity index (χ2v) is 5.71. The minimum atomic E-state index is -0.720. The zero-order valence-electron chi connectivity index (χ0n) is 13.8. The Hall–Kier alpha value is -2.82. The van der Waals surface area contributed by atoms with E-state index >= 15 is 0 Å². The Balaban J connectivity index is 1.81. The Morgan fingerprint density at radius 2 is 1.88 bits per heavy atom. The average Bonchev–Trinajstić information content (AvgIpc) is 2.60. The number of nitrogens with one attached hydrogen (secondary N) is 1. The number of hydrogen-bond acceptors (Lipinski definition) is 4. The highest BCUT2D eigenvalue weighted by atomic mass is 16.5. The standard InChI is InChI=1S/C19H21NO4/c1-13-8-9-17(21)16(10-13)19(23)24-12-18(22)20-11-14(2)15-6-4-3-5-7-15/h3-10,14,21H,11-12H2,1-2H3,(H,20,22)/t14-/m0/s1. The van der Waals surface area contributed by atoms with E-state index in [0.717, 1.165) is 11.1 Å². The van der Waals surface area contributed by atoms with Crippen LogP contribution in [0.1, 0.15) is 34.3 Å². The summed E-state index contributed by atoms with van der Waals surface area (Å²) in [5, 5.41) is 12.4. The molecule has 2 aromatic rings. The number of aromatic hydroxyl groups is 1. The molecule has 0 heterocycles. The molecule has 0 aliphatic heterocycles. The topological polar surface area (TPSA) is 75.6 Å². The van der Waals surface area contributed by atoms with Gasteiger partial charge in [-0.1, -0.05) is 48.9 Å². The van der Waals surface area contributed by atoms with Gasteiger partial charge in [-0.25, -0.2) is 4.79 Å². The lowest BCUT2D eigenvalue weighted by Crippen LogP contribution is -2.31. The molecule has 126 valence electrons. The highest BCUT2D eigenvalue weighted by molar-refractivity contribution is 5.94. The first-order valence-corrected chi connectivity index (χ1v) is 7.75. The molecule has 2 aromatic carbocycles. The van der Waals surface area contributed by atoms with Crippen LogP contribution in [0.5, 0.6) is 5.75 Å². The molecular weight excluding hydrogens is 306 g/mol. The lowest BCUT2D eigenvalue weighted by molar-refractivity contribution is -0.124. The molecular formula is C19H21NO4. The maximum atomic E-state index is 11.9. The van der Waals surface area contributed by atoms with Gasteiger partial charge in [-0.3, -0.25) is 4.79 Å². The predicted molar refractivity (Wildman–Crippen MR) is 91.0 cm³/mol. The van der Waals surface area contributed by atoms with Gasteiger partial charge in [0.1, 0.15) is 11.3 Å². The highest BCUT2D eigenvalue weighted by Gasteiger charge is 2.15. The largest absolute Gasteiger partial charge is 0.507 e. The summed E-state index contributed by atoms with van der Waals surface area (Å²) in [4.78, 5) is 23.7. The summed E-state index contributed by atoms with van der Waals surface area (Å²) in [5.74, 6) is -1.10. The van der Waals surface area contributed by atoms with Gasteiger partial charge in [-0.05, 0) is 30.5 Å². The molecule has 1 atom stereocenters. The number of phenols is 1. The Morgan fingerprint density at radius 1 is 1.17 bits per heavy atom. The number of esters is 1. The fourth-order valence-electron chi connectivity index (χ4n) is 2.24. The van der Waals surface area contributed by atoms with Crippen LogP contribution in [0.2, 0.25) is 0 Å². The molecule has 2 N–H and O–H groups in total. The van der Waals surface area contributed by atoms with Crippen LogP contribution < -0.4 is 5.32 Å². The van der Waals surface area contributed by atoms with Crippen LogP contribution >= 0.6 is 0 Å². The molecule has 0 fully saturated rings. The third kappa shape index (κ3) is 4.84. The molecule has 0 saturated heterocycles. The molecule has 1 amide bonds. The van der Waals surface area contributed by atoms with Crippen molar-refractivity contribution in [2.45, 2.75) is 19.8 Å². The second-order valence-electron chi connectivity index (χ2n) is 5.71. The van der Waals surface area contributed by atoms with Crippen molar-refractivity contribution in [2.75, 3.05) is 13.2 Å². The predicted octanol–water partition coefficient (Wildman–Crippen LogP) is 2.78. The molecule has 5 heteroatoms. The molecule has 0 saturated carbocycles.